The number of hydrogen-bond donors (Lipinski definition) is 2. The first-order chi connectivity index (χ1) is 8.35. The van der Waals surface area contributed by atoms with E-state index < -0.39 is 0 Å². The highest BCUT2D eigenvalue weighted by Crippen LogP contribution is 2.41. The van der Waals surface area contributed by atoms with Gasteiger partial charge >= 0.3 is 0 Å². The summed E-state index contributed by atoms with van der Waals surface area (Å²) in [5.41, 5.74) is 1.10. The van der Waals surface area contributed by atoms with Crippen LogP contribution in [0.2, 0.25) is 0 Å². The van der Waals surface area contributed by atoms with Crippen molar-refractivity contribution in [1.29, 1.82) is 0 Å². The Kier molecular flexibility index (Phi) is 4.53. The molecule has 0 aromatic carbocycles. The van der Waals surface area contributed by atoms with Gasteiger partial charge in [-0.1, -0.05) is 0 Å². The average molecular weight is 239 g/mol. The van der Waals surface area contributed by atoms with Crippen molar-refractivity contribution in [3.8, 4) is 0 Å². The Labute approximate surface area is 102 Å². The largest absolute Gasteiger partial charge is 0.383 e. The number of ether oxygens (including phenoxy) is 2. The van der Waals surface area contributed by atoms with Crippen molar-refractivity contribution in [3.05, 3.63) is 17.7 Å². The van der Waals surface area contributed by atoms with Gasteiger partial charge < -0.3 is 19.8 Å². The van der Waals surface area contributed by atoms with Crippen LogP contribution in [0.5, 0.6) is 0 Å². The van der Waals surface area contributed by atoms with Crippen LogP contribution in [0.15, 0.2) is 6.20 Å². The van der Waals surface area contributed by atoms with Crippen LogP contribution in [0.1, 0.15) is 30.5 Å². The second-order valence-corrected chi connectivity index (χ2v) is 4.46. The molecule has 96 valence electrons. The number of rotatable bonds is 8. The van der Waals surface area contributed by atoms with Gasteiger partial charge in [-0.05, 0) is 18.8 Å². The predicted octanol–water partition coefficient (Wildman–Crippen LogP) is 1.24. The van der Waals surface area contributed by atoms with Gasteiger partial charge in [-0.15, -0.1) is 0 Å². The van der Waals surface area contributed by atoms with Crippen LogP contribution in [-0.2, 0) is 16.0 Å². The third kappa shape index (κ3) is 3.52. The minimum Gasteiger partial charge on any atom is -0.383 e. The van der Waals surface area contributed by atoms with E-state index in [4.69, 9.17) is 9.47 Å². The summed E-state index contributed by atoms with van der Waals surface area (Å²) in [6, 6.07) is 0. The number of hydrogen-bond acceptors (Lipinski definition) is 4. The summed E-state index contributed by atoms with van der Waals surface area (Å²) in [6.07, 6.45) is 4.52. The van der Waals surface area contributed by atoms with Gasteiger partial charge in [0.25, 0.3) is 0 Å². The molecule has 1 fully saturated rings. The first-order valence-corrected chi connectivity index (χ1v) is 6.11. The zero-order chi connectivity index (χ0) is 12.1. The summed E-state index contributed by atoms with van der Waals surface area (Å²) >= 11 is 0. The molecule has 5 heteroatoms. The van der Waals surface area contributed by atoms with E-state index in [1.165, 1.54) is 12.8 Å². The van der Waals surface area contributed by atoms with E-state index in [1.54, 1.807) is 14.2 Å². The lowest BCUT2D eigenvalue weighted by Crippen LogP contribution is -2.18. The van der Waals surface area contributed by atoms with Crippen molar-refractivity contribution in [2.75, 3.05) is 27.4 Å². The number of methoxy groups -OCH3 is 2. The molecule has 0 bridgehead atoms. The lowest BCUT2D eigenvalue weighted by atomic mass is 10.2. The molecular formula is C12H21N3O2. The van der Waals surface area contributed by atoms with Crippen molar-refractivity contribution in [2.24, 2.45) is 5.92 Å². The third-order valence-corrected chi connectivity index (χ3v) is 3.02. The molecule has 5 nitrogen and oxygen atoms in total. The van der Waals surface area contributed by atoms with E-state index in [9.17, 15) is 0 Å². The molecule has 1 aliphatic carbocycles. The molecule has 0 aliphatic heterocycles. The summed E-state index contributed by atoms with van der Waals surface area (Å²) in [5, 5.41) is 3.28. The highest BCUT2D eigenvalue weighted by Gasteiger charge is 2.34. The number of aromatic nitrogens is 2. The summed E-state index contributed by atoms with van der Waals surface area (Å²) in [5.74, 6) is 1.61. The molecule has 0 radical (unpaired) electrons. The molecule has 1 saturated carbocycles. The SMILES string of the molecule is COCCNCc1cnc(C(OC)C2CC2)[nH]1. The van der Waals surface area contributed by atoms with Crippen LogP contribution in [0.4, 0.5) is 0 Å². The molecule has 1 aromatic rings. The minimum absolute atomic E-state index is 0.141. The Morgan fingerprint density at radius 1 is 1.53 bits per heavy atom. The zero-order valence-corrected chi connectivity index (χ0v) is 10.5. The number of nitrogens with zero attached hydrogens (tertiary/aromatic N) is 1. The van der Waals surface area contributed by atoms with Crippen LogP contribution in [0.25, 0.3) is 0 Å². The van der Waals surface area contributed by atoms with E-state index in [1.807, 2.05) is 6.20 Å². The summed E-state index contributed by atoms with van der Waals surface area (Å²) in [6.45, 7) is 2.36. The smallest absolute Gasteiger partial charge is 0.135 e. The molecule has 1 heterocycles. The van der Waals surface area contributed by atoms with Crippen LogP contribution in [0, 0.1) is 5.92 Å². The van der Waals surface area contributed by atoms with E-state index in [2.05, 4.69) is 15.3 Å². The second-order valence-electron chi connectivity index (χ2n) is 4.46. The van der Waals surface area contributed by atoms with E-state index in [0.29, 0.717) is 5.92 Å². The molecule has 17 heavy (non-hydrogen) atoms. The monoisotopic (exact) mass is 239 g/mol. The number of H-pyrrole nitrogens is 1. The Morgan fingerprint density at radius 3 is 3.00 bits per heavy atom. The maximum Gasteiger partial charge on any atom is 0.135 e. The minimum atomic E-state index is 0.141. The van der Waals surface area contributed by atoms with Gasteiger partial charge in [-0.3, -0.25) is 0 Å². The molecule has 0 amide bonds. The fourth-order valence-corrected chi connectivity index (χ4v) is 1.93. The molecule has 1 unspecified atom stereocenters. The quantitative estimate of drug-likeness (QED) is 0.670. The zero-order valence-electron chi connectivity index (χ0n) is 10.5. The lowest BCUT2D eigenvalue weighted by molar-refractivity contribution is 0.0778. The molecule has 1 atom stereocenters. The van der Waals surface area contributed by atoms with Crippen LogP contribution in [-0.4, -0.2) is 37.3 Å². The molecular weight excluding hydrogens is 218 g/mol. The Bertz CT molecular complexity index is 336. The average Bonchev–Trinajstić information content (AvgIpc) is 3.06. The Balaban J connectivity index is 1.82. The molecule has 0 spiro atoms. The fourth-order valence-electron chi connectivity index (χ4n) is 1.93. The maximum atomic E-state index is 5.48. The Hall–Kier alpha value is -0.910. The van der Waals surface area contributed by atoms with Crippen molar-refractivity contribution in [3.63, 3.8) is 0 Å². The van der Waals surface area contributed by atoms with Gasteiger partial charge in [0.2, 0.25) is 0 Å². The standard InChI is InChI=1S/C12H21N3O2/c1-16-6-5-13-7-10-8-14-12(15-10)11(17-2)9-3-4-9/h8-9,11,13H,3-7H2,1-2H3,(H,14,15). The topological polar surface area (TPSA) is 59.2 Å². The second kappa shape index (κ2) is 6.14. The van der Waals surface area contributed by atoms with Crippen molar-refractivity contribution in [1.82, 2.24) is 15.3 Å². The van der Waals surface area contributed by atoms with E-state index in [-0.39, 0.29) is 6.10 Å². The van der Waals surface area contributed by atoms with Gasteiger partial charge in [0, 0.05) is 39.2 Å². The number of imidazole rings is 1. The van der Waals surface area contributed by atoms with Gasteiger partial charge in [0.05, 0.1) is 6.61 Å². The highest BCUT2D eigenvalue weighted by molar-refractivity contribution is 5.06. The van der Waals surface area contributed by atoms with Crippen molar-refractivity contribution in [2.45, 2.75) is 25.5 Å². The van der Waals surface area contributed by atoms with Crippen LogP contribution in [0.3, 0.4) is 0 Å². The molecule has 0 saturated heterocycles. The normalized spacial score (nSPS) is 17.3. The molecule has 2 N–H and O–H groups in total. The third-order valence-electron chi connectivity index (χ3n) is 3.02. The van der Waals surface area contributed by atoms with Gasteiger partial charge in [-0.25, -0.2) is 4.98 Å². The van der Waals surface area contributed by atoms with E-state index in [0.717, 1.165) is 31.2 Å². The Morgan fingerprint density at radius 2 is 2.35 bits per heavy atom. The summed E-state index contributed by atoms with van der Waals surface area (Å²) in [4.78, 5) is 7.72. The fraction of sp³-hybridized carbons (Fsp3) is 0.750. The van der Waals surface area contributed by atoms with Crippen molar-refractivity contribution < 1.29 is 9.47 Å². The molecule has 2 rings (SSSR count). The first-order valence-electron chi connectivity index (χ1n) is 6.11. The maximum absolute atomic E-state index is 5.48. The van der Waals surface area contributed by atoms with Crippen LogP contribution >= 0.6 is 0 Å². The molecule has 1 aliphatic rings. The molecule has 1 aromatic heterocycles. The predicted molar refractivity (Wildman–Crippen MR) is 64.6 cm³/mol. The van der Waals surface area contributed by atoms with Gasteiger partial charge in [0.15, 0.2) is 0 Å². The van der Waals surface area contributed by atoms with Gasteiger partial charge in [-0.2, -0.15) is 0 Å². The summed E-state index contributed by atoms with van der Waals surface area (Å²) < 4.78 is 10.5. The number of nitrogens with one attached hydrogen (secondary N) is 2. The first kappa shape index (κ1) is 12.5. The lowest BCUT2D eigenvalue weighted by Gasteiger charge is -2.10. The summed E-state index contributed by atoms with van der Waals surface area (Å²) in [7, 11) is 3.46. The van der Waals surface area contributed by atoms with E-state index >= 15 is 0 Å². The number of aromatic amines is 1. The highest BCUT2D eigenvalue weighted by atomic mass is 16.5. The van der Waals surface area contributed by atoms with Crippen molar-refractivity contribution >= 4 is 0 Å². The van der Waals surface area contributed by atoms with Crippen LogP contribution < -0.4 is 5.32 Å². The van der Waals surface area contributed by atoms with Gasteiger partial charge in [0.1, 0.15) is 11.9 Å².